The third-order valence-corrected chi connectivity index (χ3v) is 4.72. The Balaban J connectivity index is 1.88. The van der Waals surface area contributed by atoms with Gasteiger partial charge in [0.05, 0.1) is 21.3 Å². The molecule has 0 spiro atoms. The monoisotopic (exact) mass is 379 g/mol. The Kier molecular flexibility index (Phi) is 7.76. The average Bonchev–Trinajstić information content (AvgIpc) is 3.18. The number of carbonyl (C=O) groups excluding carboxylic acids is 2. The maximum absolute atomic E-state index is 12.1. The van der Waals surface area contributed by atoms with Crippen LogP contribution in [0.5, 0.6) is 17.2 Å². The Morgan fingerprint density at radius 1 is 1.07 bits per heavy atom. The molecule has 1 saturated carbocycles. The van der Waals surface area contributed by atoms with Crippen molar-refractivity contribution in [1.82, 2.24) is 5.32 Å². The number of amides is 1. The molecule has 0 aromatic heterocycles. The number of esters is 1. The van der Waals surface area contributed by atoms with Crippen LogP contribution in [0.1, 0.15) is 44.6 Å². The molecular formula is C20H29NO6. The molecule has 2 rings (SSSR count). The SMILES string of the molecule is COc1cc(CCC(=O)O[C@H](C)C(=O)NC2CCCC2)cc(OC)c1OC. The van der Waals surface area contributed by atoms with E-state index in [-0.39, 0.29) is 18.4 Å². The molecule has 1 aliphatic carbocycles. The van der Waals surface area contributed by atoms with Gasteiger partial charge in [0.25, 0.3) is 5.91 Å². The molecule has 0 bridgehead atoms. The number of nitrogens with one attached hydrogen (secondary N) is 1. The Hall–Kier alpha value is -2.44. The highest BCUT2D eigenvalue weighted by molar-refractivity contribution is 5.83. The largest absolute Gasteiger partial charge is 0.493 e. The number of hydrogen-bond acceptors (Lipinski definition) is 6. The van der Waals surface area contributed by atoms with Crippen molar-refractivity contribution in [1.29, 1.82) is 0 Å². The van der Waals surface area contributed by atoms with E-state index in [9.17, 15) is 9.59 Å². The van der Waals surface area contributed by atoms with Crippen molar-refractivity contribution in [2.75, 3.05) is 21.3 Å². The highest BCUT2D eigenvalue weighted by Gasteiger charge is 2.23. The molecule has 0 radical (unpaired) electrons. The first-order chi connectivity index (χ1) is 13.0. The highest BCUT2D eigenvalue weighted by atomic mass is 16.5. The lowest BCUT2D eigenvalue weighted by molar-refractivity contribution is -0.155. The van der Waals surface area contributed by atoms with Gasteiger partial charge in [-0.3, -0.25) is 9.59 Å². The number of aryl methyl sites for hydroxylation is 1. The summed E-state index contributed by atoms with van der Waals surface area (Å²) in [6.45, 7) is 1.60. The topological polar surface area (TPSA) is 83.1 Å². The summed E-state index contributed by atoms with van der Waals surface area (Å²) in [7, 11) is 4.62. The summed E-state index contributed by atoms with van der Waals surface area (Å²) in [6.07, 6.45) is 4.05. The van der Waals surface area contributed by atoms with Crippen LogP contribution in [0.2, 0.25) is 0 Å². The zero-order valence-electron chi connectivity index (χ0n) is 16.5. The summed E-state index contributed by atoms with van der Waals surface area (Å²) in [6, 6.07) is 3.80. The predicted molar refractivity (Wildman–Crippen MR) is 100 cm³/mol. The normalized spacial score (nSPS) is 15.1. The fraction of sp³-hybridized carbons (Fsp3) is 0.600. The number of benzene rings is 1. The summed E-state index contributed by atoms with van der Waals surface area (Å²) in [5.41, 5.74) is 0.851. The lowest BCUT2D eigenvalue weighted by Crippen LogP contribution is -2.40. The zero-order valence-corrected chi connectivity index (χ0v) is 16.5. The molecule has 0 unspecified atom stereocenters. The first-order valence-electron chi connectivity index (χ1n) is 9.27. The van der Waals surface area contributed by atoms with E-state index < -0.39 is 12.1 Å². The molecule has 1 aromatic carbocycles. The van der Waals surface area contributed by atoms with Crippen molar-refractivity contribution in [2.24, 2.45) is 0 Å². The number of methoxy groups -OCH3 is 3. The van der Waals surface area contributed by atoms with E-state index in [1.54, 1.807) is 33.3 Å². The standard InChI is InChI=1S/C20H29NO6/c1-13(20(23)21-15-7-5-6-8-15)27-18(22)10-9-14-11-16(24-2)19(26-4)17(12-14)25-3/h11-13,15H,5-10H2,1-4H3,(H,21,23)/t13-/m1/s1. The van der Waals surface area contributed by atoms with Crippen molar-refractivity contribution in [3.05, 3.63) is 17.7 Å². The lowest BCUT2D eigenvalue weighted by atomic mass is 10.1. The van der Waals surface area contributed by atoms with Gasteiger partial charge in [-0.05, 0) is 43.9 Å². The smallest absolute Gasteiger partial charge is 0.306 e. The minimum Gasteiger partial charge on any atom is -0.493 e. The predicted octanol–water partition coefficient (Wildman–Crippen LogP) is 2.64. The van der Waals surface area contributed by atoms with Crippen LogP contribution in [0.4, 0.5) is 0 Å². The van der Waals surface area contributed by atoms with Gasteiger partial charge in [-0.2, -0.15) is 0 Å². The molecule has 1 aliphatic rings. The number of hydrogen-bond donors (Lipinski definition) is 1. The van der Waals surface area contributed by atoms with Crippen LogP contribution in [-0.2, 0) is 20.7 Å². The molecule has 7 heteroatoms. The van der Waals surface area contributed by atoms with Gasteiger partial charge in [-0.1, -0.05) is 12.8 Å². The Bertz CT molecular complexity index is 629. The second-order valence-electron chi connectivity index (χ2n) is 6.66. The van der Waals surface area contributed by atoms with Crippen LogP contribution in [-0.4, -0.2) is 45.4 Å². The van der Waals surface area contributed by atoms with Gasteiger partial charge in [0.1, 0.15) is 0 Å². The van der Waals surface area contributed by atoms with Crippen LogP contribution in [0.15, 0.2) is 12.1 Å². The van der Waals surface area contributed by atoms with Crippen molar-refractivity contribution in [2.45, 2.75) is 57.6 Å². The fourth-order valence-corrected chi connectivity index (χ4v) is 3.22. The summed E-state index contributed by atoms with van der Waals surface area (Å²) in [4.78, 5) is 24.2. The maximum atomic E-state index is 12.1. The Labute approximate surface area is 160 Å². The van der Waals surface area contributed by atoms with Crippen LogP contribution >= 0.6 is 0 Å². The molecule has 27 heavy (non-hydrogen) atoms. The quantitative estimate of drug-likeness (QED) is 0.664. The summed E-state index contributed by atoms with van der Waals surface area (Å²) in [5.74, 6) is 0.915. The molecule has 1 atom stereocenters. The fourth-order valence-electron chi connectivity index (χ4n) is 3.22. The minimum atomic E-state index is -0.793. The minimum absolute atomic E-state index is 0.152. The van der Waals surface area contributed by atoms with E-state index >= 15 is 0 Å². The van der Waals surface area contributed by atoms with E-state index in [1.807, 2.05) is 0 Å². The second-order valence-corrected chi connectivity index (χ2v) is 6.66. The summed E-state index contributed by atoms with van der Waals surface area (Å²) in [5, 5.41) is 2.94. The van der Waals surface area contributed by atoms with E-state index in [4.69, 9.17) is 18.9 Å². The Morgan fingerprint density at radius 2 is 1.67 bits per heavy atom. The Morgan fingerprint density at radius 3 is 2.19 bits per heavy atom. The molecular weight excluding hydrogens is 350 g/mol. The summed E-state index contributed by atoms with van der Waals surface area (Å²) < 4.78 is 21.2. The van der Waals surface area contributed by atoms with Gasteiger partial charge in [-0.25, -0.2) is 0 Å². The number of carbonyl (C=O) groups is 2. The lowest BCUT2D eigenvalue weighted by Gasteiger charge is -2.17. The van der Waals surface area contributed by atoms with Gasteiger partial charge in [0, 0.05) is 12.5 Å². The molecule has 0 aliphatic heterocycles. The van der Waals surface area contributed by atoms with Gasteiger partial charge in [-0.15, -0.1) is 0 Å². The van der Waals surface area contributed by atoms with Gasteiger partial charge in [0.15, 0.2) is 17.6 Å². The maximum Gasteiger partial charge on any atom is 0.306 e. The van der Waals surface area contributed by atoms with Crippen molar-refractivity contribution in [3.63, 3.8) is 0 Å². The van der Waals surface area contributed by atoms with E-state index in [0.29, 0.717) is 23.7 Å². The average molecular weight is 379 g/mol. The van der Waals surface area contributed by atoms with Crippen LogP contribution in [0.3, 0.4) is 0 Å². The molecule has 0 saturated heterocycles. The molecule has 1 N–H and O–H groups in total. The van der Waals surface area contributed by atoms with E-state index in [0.717, 1.165) is 31.2 Å². The molecule has 1 amide bonds. The first kappa shape index (κ1) is 20.9. The van der Waals surface area contributed by atoms with Gasteiger partial charge < -0.3 is 24.3 Å². The first-order valence-corrected chi connectivity index (χ1v) is 9.27. The molecule has 7 nitrogen and oxygen atoms in total. The van der Waals surface area contributed by atoms with Crippen LogP contribution < -0.4 is 19.5 Å². The van der Waals surface area contributed by atoms with Crippen LogP contribution in [0.25, 0.3) is 0 Å². The van der Waals surface area contributed by atoms with Crippen molar-refractivity contribution < 1.29 is 28.5 Å². The highest BCUT2D eigenvalue weighted by Crippen LogP contribution is 2.38. The van der Waals surface area contributed by atoms with E-state index in [1.165, 1.54) is 7.11 Å². The molecule has 0 heterocycles. The van der Waals surface area contributed by atoms with Crippen molar-refractivity contribution in [3.8, 4) is 17.2 Å². The third-order valence-electron chi connectivity index (χ3n) is 4.72. The van der Waals surface area contributed by atoms with E-state index in [2.05, 4.69) is 5.32 Å². The summed E-state index contributed by atoms with van der Waals surface area (Å²) >= 11 is 0. The molecule has 1 fully saturated rings. The van der Waals surface area contributed by atoms with Crippen molar-refractivity contribution >= 4 is 11.9 Å². The second kappa shape index (κ2) is 10.0. The van der Waals surface area contributed by atoms with Gasteiger partial charge in [0.2, 0.25) is 5.75 Å². The van der Waals surface area contributed by atoms with Gasteiger partial charge >= 0.3 is 5.97 Å². The number of rotatable bonds is 9. The van der Waals surface area contributed by atoms with Crippen LogP contribution in [0, 0.1) is 0 Å². The number of ether oxygens (including phenoxy) is 4. The zero-order chi connectivity index (χ0) is 19.8. The molecule has 150 valence electrons. The molecule has 1 aromatic rings. The third kappa shape index (κ3) is 5.77.